The van der Waals surface area contributed by atoms with Crippen LogP contribution in [-0.4, -0.2) is 19.0 Å². The van der Waals surface area contributed by atoms with Gasteiger partial charge in [0, 0.05) is 17.0 Å². The molecule has 0 spiro atoms. The van der Waals surface area contributed by atoms with Crippen molar-refractivity contribution in [2.75, 3.05) is 7.11 Å². The van der Waals surface area contributed by atoms with Crippen molar-refractivity contribution in [3.63, 3.8) is 0 Å². The van der Waals surface area contributed by atoms with E-state index in [2.05, 4.69) is 10.1 Å². The van der Waals surface area contributed by atoms with Crippen molar-refractivity contribution in [2.24, 2.45) is 0 Å². The molecule has 0 bridgehead atoms. The molecule has 0 fully saturated rings. The normalized spacial score (nSPS) is 11.0. The molecule has 0 aliphatic rings. The standard InChI is InChI=1S/C12H11Cl2NO3/c1-7(16)15-11(12(17)18-2)5-8-3-9(13)6-10(14)4-8/h3-6H,1-2H3,(H,15,16). The second-order valence-electron chi connectivity index (χ2n) is 3.43. The van der Waals surface area contributed by atoms with E-state index in [1.54, 1.807) is 18.2 Å². The number of hydrogen-bond donors (Lipinski definition) is 1. The Kier molecular flexibility index (Phi) is 5.19. The monoisotopic (exact) mass is 287 g/mol. The van der Waals surface area contributed by atoms with Crippen molar-refractivity contribution in [1.29, 1.82) is 0 Å². The van der Waals surface area contributed by atoms with E-state index >= 15 is 0 Å². The Labute approximate surface area is 115 Å². The molecule has 0 aliphatic heterocycles. The molecule has 1 amide bonds. The van der Waals surface area contributed by atoms with Crippen molar-refractivity contribution < 1.29 is 14.3 Å². The molecule has 1 N–H and O–H groups in total. The molecule has 0 atom stereocenters. The van der Waals surface area contributed by atoms with E-state index in [4.69, 9.17) is 23.2 Å². The molecule has 0 aliphatic carbocycles. The summed E-state index contributed by atoms with van der Waals surface area (Å²) in [6.07, 6.45) is 1.44. The fraction of sp³-hybridized carbons (Fsp3) is 0.167. The van der Waals surface area contributed by atoms with Gasteiger partial charge in [-0.05, 0) is 29.8 Å². The van der Waals surface area contributed by atoms with Crippen molar-refractivity contribution in [3.05, 3.63) is 39.5 Å². The molecule has 4 nitrogen and oxygen atoms in total. The van der Waals surface area contributed by atoms with Crippen LogP contribution in [0.3, 0.4) is 0 Å². The van der Waals surface area contributed by atoms with Crippen LogP contribution < -0.4 is 5.32 Å². The quantitative estimate of drug-likeness (QED) is 0.687. The molecular weight excluding hydrogens is 277 g/mol. The highest BCUT2D eigenvalue weighted by atomic mass is 35.5. The molecule has 1 aromatic rings. The molecule has 0 heterocycles. The average molecular weight is 288 g/mol. The summed E-state index contributed by atoms with van der Waals surface area (Å²) in [6, 6.07) is 4.78. The lowest BCUT2D eigenvalue weighted by atomic mass is 10.2. The maximum absolute atomic E-state index is 11.5. The first-order valence-electron chi connectivity index (χ1n) is 4.96. The van der Waals surface area contributed by atoms with Gasteiger partial charge in [-0.3, -0.25) is 4.79 Å². The number of amides is 1. The minimum atomic E-state index is -0.652. The first kappa shape index (κ1) is 14.5. The molecule has 1 rings (SSSR count). The van der Waals surface area contributed by atoms with E-state index in [9.17, 15) is 9.59 Å². The largest absolute Gasteiger partial charge is 0.464 e. The summed E-state index contributed by atoms with van der Waals surface area (Å²) in [5, 5.41) is 3.24. The number of halogens is 2. The third kappa shape index (κ3) is 4.39. The minimum Gasteiger partial charge on any atom is -0.464 e. The van der Waals surface area contributed by atoms with Crippen LogP contribution in [-0.2, 0) is 14.3 Å². The first-order chi connectivity index (χ1) is 8.42. The van der Waals surface area contributed by atoms with E-state index in [1.807, 2.05) is 0 Å². The number of ether oxygens (including phenoxy) is 1. The van der Waals surface area contributed by atoms with E-state index < -0.39 is 5.97 Å². The summed E-state index contributed by atoms with van der Waals surface area (Å²) in [7, 11) is 1.23. The van der Waals surface area contributed by atoms with Crippen LogP contribution in [0.25, 0.3) is 6.08 Å². The fourth-order valence-corrected chi connectivity index (χ4v) is 1.81. The highest BCUT2D eigenvalue weighted by Crippen LogP contribution is 2.20. The first-order valence-corrected chi connectivity index (χ1v) is 5.71. The molecule has 1 aromatic carbocycles. The SMILES string of the molecule is COC(=O)C(=Cc1cc(Cl)cc(Cl)c1)NC(C)=O. The predicted octanol–water partition coefficient (Wildman–Crippen LogP) is 2.64. The van der Waals surface area contributed by atoms with E-state index in [0.717, 1.165) is 0 Å². The number of carbonyl (C=O) groups is 2. The van der Waals surface area contributed by atoms with Gasteiger partial charge in [-0.2, -0.15) is 0 Å². The lowest BCUT2D eigenvalue weighted by Gasteiger charge is -2.06. The maximum Gasteiger partial charge on any atom is 0.354 e. The van der Waals surface area contributed by atoms with Crippen molar-refractivity contribution in [1.82, 2.24) is 5.32 Å². The molecular formula is C12H11Cl2NO3. The Hall–Kier alpha value is -1.52. The number of esters is 1. The summed E-state index contributed by atoms with van der Waals surface area (Å²) in [5.41, 5.74) is 0.602. The molecule has 0 saturated carbocycles. The summed E-state index contributed by atoms with van der Waals surface area (Å²) in [5.74, 6) is -1.03. The van der Waals surface area contributed by atoms with Gasteiger partial charge < -0.3 is 10.1 Å². The molecule has 0 radical (unpaired) electrons. The number of hydrogen-bond acceptors (Lipinski definition) is 3. The molecule has 6 heteroatoms. The Morgan fingerprint density at radius 3 is 2.22 bits per heavy atom. The highest BCUT2D eigenvalue weighted by molar-refractivity contribution is 6.34. The molecule has 96 valence electrons. The van der Waals surface area contributed by atoms with E-state index in [-0.39, 0.29) is 11.6 Å². The van der Waals surface area contributed by atoms with Crippen LogP contribution in [0.5, 0.6) is 0 Å². The summed E-state index contributed by atoms with van der Waals surface area (Å²) in [4.78, 5) is 22.4. The van der Waals surface area contributed by atoms with Crippen LogP contribution in [0.4, 0.5) is 0 Å². The van der Waals surface area contributed by atoms with Gasteiger partial charge in [0.05, 0.1) is 7.11 Å². The molecule has 0 aromatic heterocycles. The predicted molar refractivity (Wildman–Crippen MR) is 70.3 cm³/mol. The van der Waals surface area contributed by atoms with Crippen LogP contribution in [0.15, 0.2) is 23.9 Å². The van der Waals surface area contributed by atoms with Gasteiger partial charge in [0.15, 0.2) is 0 Å². The number of carbonyl (C=O) groups excluding carboxylic acids is 2. The Morgan fingerprint density at radius 1 is 1.22 bits per heavy atom. The summed E-state index contributed by atoms with van der Waals surface area (Å²) in [6.45, 7) is 1.29. The van der Waals surface area contributed by atoms with Crippen LogP contribution in [0.2, 0.25) is 10.0 Å². The number of rotatable bonds is 3. The fourth-order valence-electron chi connectivity index (χ4n) is 1.27. The maximum atomic E-state index is 11.5. The zero-order chi connectivity index (χ0) is 13.7. The van der Waals surface area contributed by atoms with E-state index in [1.165, 1.54) is 20.1 Å². The lowest BCUT2D eigenvalue weighted by molar-refractivity contribution is -0.137. The second kappa shape index (κ2) is 6.42. The van der Waals surface area contributed by atoms with Crippen molar-refractivity contribution in [2.45, 2.75) is 6.92 Å². The van der Waals surface area contributed by atoms with Crippen LogP contribution in [0.1, 0.15) is 12.5 Å². The number of benzene rings is 1. The second-order valence-corrected chi connectivity index (χ2v) is 4.31. The zero-order valence-corrected chi connectivity index (χ0v) is 11.3. The van der Waals surface area contributed by atoms with Gasteiger partial charge in [0.2, 0.25) is 5.91 Å². The number of nitrogens with one attached hydrogen (secondary N) is 1. The van der Waals surface area contributed by atoms with Crippen LogP contribution in [0, 0.1) is 0 Å². The lowest BCUT2D eigenvalue weighted by Crippen LogP contribution is -2.25. The van der Waals surface area contributed by atoms with E-state index in [0.29, 0.717) is 15.6 Å². The molecule has 0 saturated heterocycles. The van der Waals surface area contributed by atoms with Crippen molar-refractivity contribution in [3.8, 4) is 0 Å². The highest BCUT2D eigenvalue weighted by Gasteiger charge is 2.11. The summed E-state index contributed by atoms with van der Waals surface area (Å²) >= 11 is 11.7. The van der Waals surface area contributed by atoms with Crippen LogP contribution >= 0.6 is 23.2 Å². The Bertz CT molecular complexity index is 492. The van der Waals surface area contributed by atoms with Gasteiger partial charge in [-0.25, -0.2) is 4.79 Å². The third-order valence-corrected chi connectivity index (χ3v) is 2.35. The summed E-state index contributed by atoms with van der Waals surface area (Å²) < 4.78 is 4.56. The smallest absolute Gasteiger partial charge is 0.354 e. The van der Waals surface area contributed by atoms with Gasteiger partial charge in [0.25, 0.3) is 0 Å². The van der Waals surface area contributed by atoms with Gasteiger partial charge in [-0.15, -0.1) is 0 Å². The Balaban J connectivity index is 3.13. The van der Waals surface area contributed by atoms with Crippen molar-refractivity contribution >= 4 is 41.2 Å². The van der Waals surface area contributed by atoms with Gasteiger partial charge >= 0.3 is 5.97 Å². The topological polar surface area (TPSA) is 55.4 Å². The molecule has 18 heavy (non-hydrogen) atoms. The van der Waals surface area contributed by atoms with Gasteiger partial charge in [0.1, 0.15) is 5.70 Å². The van der Waals surface area contributed by atoms with Gasteiger partial charge in [-0.1, -0.05) is 23.2 Å². The third-order valence-electron chi connectivity index (χ3n) is 1.91. The Morgan fingerprint density at radius 2 is 1.78 bits per heavy atom. The molecule has 0 unspecified atom stereocenters. The number of methoxy groups -OCH3 is 1. The minimum absolute atomic E-state index is 0.0170. The average Bonchev–Trinajstić information content (AvgIpc) is 2.25. The zero-order valence-electron chi connectivity index (χ0n) is 9.79.